The number of aryl methyl sites for hydroxylation is 1. The number of carbonyl (C=O) groups excluding carboxylic acids is 1. The highest BCUT2D eigenvalue weighted by Crippen LogP contribution is 2.28. The maximum atomic E-state index is 12.8. The van der Waals surface area contributed by atoms with Crippen LogP contribution in [0.3, 0.4) is 0 Å². The summed E-state index contributed by atoms with van der Waals surface area (Å²) >= 11 is 0. The number of nitrogens with zero attached hydrogens (tertiary/aromatic N) is 2. The van der Waals surface area contributed by atoms with Crippen LogP contribution >= 0.6 is 0 Å². The number of nitrogens with one attached hydrogen (secondary N) is 1. The Morgan fingerprint density at radius 3 is 2.54 bits per heavy atom. The molecule has 0 atom stereocenters. The van der Waals surface area contributed by atoms with Crippen LogP contribution in [0.1, 0.15) is 28.4 Å². The number of amides is 1. The first-order valence-corrected chi connectivity index (χ1v) is 9.31. The van der Waals surface area contributed by atoms with Gasteiger partial charge in [-0.2, -0.15) is 0 Å². The Bertz CT molecular complexity index is 924. The highest BCUT2D eigenvalue weighted by Gasteiger charge is 2.15. The number of anilines is 2. The summed E-state index contributed by atoms with van der Waals surface area (Å²) in [5, 5.41) is 3.25. The zero-order valence-corrected chi connectivity index (χ0v) is 16.5. The van der Waals surface area contributed by atoms with Crippen LogP contribution in [0.2, 0.25) is 0 Å². The first-order chi connectivity index (χ1) is 13.6. The van der Waals surface area contributed by atoms with Crippen molar-refractivity contribution in [3.8, 4) is 5.75 Å². The second-order valence-electron chi connectivity index (χ2n) is 6.57. The third kappa shape index (κ3) is 4.68. The molecular formula is C23H25N3O2. The van der Waals surface area contributed by atoms with Crippen molar-refractivity contribution in [2.24, 2.45) is 0 Å². The van der Waals surface area contributed by atoms with Gasteiger partial charge in [-0.15, -0.1) is 0 Å². The molecule has 28 heavy (non-hydrogen) atoms. The second kappa shape index (κ2) is 9.04. The summed E-state index contributed by atoms with van der Waals surface area (Å²) < 4.78 is 5.39. The van der Waals surface area contributed by atoms with Crippen molar-refractivity contribution in [3.05, 3.63) is 83.6 Å². The number of rotatable bonds is 7. The van der Waals surface area contributed by atoms with Crippen molar-refractivity contribution in [3.63, 3.8) is 0 Å². The van der Waals surface area contributed by atoms with Crippen LogP contribution in [0.25, 0.3) is 0 Å². The molecule has 3 rings (SSSR count). The van der Waals surface area contributed by atoms with Crippen LogP contribution in [0.4, 0.5) is 11.5 Å². The van der Waals surface area contributed by atoms with Gasteiger partial charge in [0.2, 0.25) is 0 Å². The van der Waals surface area contributed by atoms with Crippen LogP contribution in [0.5, 0.6) is 5.75 Å². The molecule has 1 N–H and O–H groups in total. The van der Waals surface area contributed by atoms with Crippen molar-refractivity contribution in [1.82, 2.24) is 9.88 Å². The van der Waals surface area contributed by atoms with Crippen LogP contribution in [-0.4, -0.2) is 29.4 Å². The summed E-state index contributed by atoms with van der Waals surface area (Å²) in [5.41, 5.74) is 3.64. The lowest BCUT2D eigenvalue weighted by Gasteiger charge is -2.21. The summed E-state index contributed by atoms with van der Waals surface area (Å²) in [7, 11) is 1.64. The first kappa shape index (κ1) is 19.4. The van der Waals surface area contributed by atoms with E-state index in [9.17, 15) is 4.79 Å². The molecule has 3 aromatic rings. The molecule has 0 aliphatic rings. The third-order valence-electron chi connectivity index (χ3n) is 4.51. The highest BCUT2D eigenvalue weighted by molar-refractivity contribution is 5.94. The SMILES string of the molecule is CCN(Cc1ccccc1)C(=O)c1ccc(Nc2cc(C)ccc2OC)nc1. The fourth-order valence-electron chi connectivity index (χ4n) is 2.97. The molecule has 0 unspecified atom stereocenters. The van der Waals surface area contributed by atoms with Gasteiger partial charge in [-0.05, 0) is 49.2 Å². The van der Waals surface area contributed by atoms with Gasteiger partial charge < -0.3 is 15.0 Å². The van der Waals surface area contributed by atoms with Gasteiger partial charge in [-0.3, -0.25) is 4.79 Å². The maximum Gasteiger partial charge on any atom is 0.255 e. The van der Waals surface area contributed by atoms with Gasteiger partial charge in [-0.25, -0.2) is 4.98 Å². The van der Waals surface area contributed by atoms with E-state index in [-0.39, 0.29) is 5.91 Å². The van der Waals surface area contributed by atoms with E-state index in [0.717, 1.165) is 22.6 Å². The zero-order valence-electron chi connectivity index (χ0n) is 16.5. The minimum atomic E-state index is -0.0291. The van der Waals surface area contributed by atoms with Crippen molar-refractivity contribution >= 4 is 17.4 Å². The van der Waals surface area contributed by atoms with E-state index in [4.69, 9.17) is 4.74 Å². The van der Waals surface area contributed by atoms with Gasteiger partial charge in [0.05, 0.1) is 18.4 Å². The summed E-state index contributed by atoms with van der Waals surface area (Å²) in [4.78, 5) is 19.1. The quantitative estimate of drug-likeness (QED) is 0.644. The molecule has 144 valence electrons. The average molecular weight is 375 g/mol. The number of carbonyl (C=O) groups is 1. The molecule has 0 aliphatic heterocycles. The van der Waals surface area contributed by atoms with Crippen LogP contribution in [0.15, 0.2) is 66.9 Å². The second-order valence-corrected chi connectivity index (χ2v) is 6.57. The predicted molar refractivity (Wildman–Crippen MR) is 112 cm³/mol. The number of aromatic nitrogens is 1. The molecule has 5 heteroatoms. The van der Waals surface area contributed by atoms with Gasteiger partial charge in [0.25, 0.3) is 5.91 Å². The van der Waals surface area contributed by atoms with E-state index in [2.05, 4.69) is 10.3 Å². The van der Waals surface area contributed by atoms with E-state index in [1.54, 1.807) is 19.4 Å². The van der Waals surface area contributed by atoms with Crippen LogP contribution < -0.4 is 10.1 Å². The van der Waals surface area contributed by atoms with Gasteiger partial charge >= 0.3 is 0 Å². The van der Waals surface area contributed by atoms with Gasteiger partial charge in [-0.1, -0.05) is 36.4 Å². The number of pyridine rings is 1. The minimum absolute atomic E-state index is 0.0291. The Kier molecular flexibility index (Phi) is 6.27. The lowest BCUT2D eigenvalue weighted by Crippen LogP contribution is -2.30. The van der Waals surface area contributed by atoms with Crippen molar-refractivity contribution in [2.45, 2.75) is 20.4 Å². The number of benzene rings is 2. The van der Waals surface area contributed by atoms with Crippen molar-refractivity contribution in [1.29, 1.82) is 0 Å². The van der Waals surface area contributed by atoms with E-state index < -0.39 is 0 Å². The number of ether oxygens (including phenoxy) is 1. The van der Waals surface area contributed by atoms with Crippen LogP contribution in [0, 0.1) is 6.92 Å². The van der Waals surface area contributed by atoms with Crippen molar-refractivity contribution < 1.29 is 9.53 Å². The van der Waals surface area contributed by atoms with E-state index in [1.807, 2.05) is 73.3 Å². The lowest BCUT2D eigenvalue weighted by atomic mass is 10.2. The standard InChI is InChI=1S/C23H25N3O2/c1-4-26(16-18-8-6-5-7-9-18)23(27)19-11-13-22(24-15-19)25-20-14-17(2)10-12-21(20)28-3/h5-15H,4,16H2,1-3H3,(H,24,25). The molecule has 0 radical (unpaired) electrons. The highest BCUT2D eigenvalue weighted by atomic mass is 16.5. The molecule has 5 nitrogen and oxygen atoms in total. The maximum absolute atomic E-state index is 12.8. The fourth-order valence-corrected chi connectivity index (χ4v) is 2.97. The number of hydrogen-bond donors (Lipinski definition) is 1. The molecule has 0 saturated heterocycles. The normalized spacial score (nSPS) is 10.4. The monoisotopic (exact) mass is 375 g/mol. The number of methoxy groups -OCH3 is 1. The molecule has 0 bridgehead atoms. The average Bonchev–Trinajstić information content (AvgIpc) is 2.73. The van der Waals surface area contributed by atoms with Gasteiger partial charge in [0.15, 0.2) is 0 Å². The summed E-state index contributed by atoms with van der Waals surface area (Å²) in [6.45, 7) is 5.21. The Morgan fingerprint density at radius 1 is 1.11 bits per heavy atom. The smallest absolute Gasteiger partial charge is 0.255 e. The molecule has 2 aromatic carbocycles. The summed E-state index contributed by atoms with van der Waals surface area (Å²) in [6.07, 6.45) is 1.61. The van der Waals surface area contributed by atoms with Gasteiger partial charge in [0, 0.05) is 19.3 Å². The predicted octanol–water partition coefficient (Wildman–Crippen LogP) is 4.80. The largest absolute Gasteiger partial charge is 0.495 e. The Balaban J connectivity index is 1.72. The molecule has 1 heterocycles. The number of hydrogen-bond acceptors (Lipinski definition) is 4. The molecule has 0 fully saturated rings. The molecular weight excluding hydrogens is 350 g/mol. The summed E-state index contributed by atoms with van der Waals surface area (Å²) in [6, 6.07) is 19.5. The van der Waals surface area contributed by atoms with E-state index in [1.165, 1.54) is 0 Å². The van der Waals surface area contributed by atoms with Crippen LogP contribution in [-0.2, 0) is 6.54 Å². The molecule has 0 saturated carbocycles. The van der Waals surface area contributed by atoms with Crippen molar-refractivity contribution in [2.75, 3.05) is 19.0 Å². The Hall–Kier alpha value is -3.34. The fraction of sp³-hybridized carbons (Fsp3) is 0.217. The van der Waals surface area contributed by atoms with Gasteiger partial charge in [0.1, 0.15) is 11.6 Å². The molecule has 1 amide bonds. The molecule has 0 spiro atoms. The lowest BCUT2D eigenvalue weighted by molar-refractivity contribution is 0.0752. The minimum Gasteiger partial charge on any atom is -0.495 e. The third-order valence-corrected chi connectivity index (χ3v) is 4.51. The Labute approximate surface area is 166 Å². The summed E-state index contributed by atoms with van der Waals surface area (Å²) in [5.74, 6) is 1.37. The molecule has 0 aliphatic carbocycles. The Morgan fingerprint density at radius 2 is 1.89 bits per heavy atom. The first-order valence-electron chi connectivity index (χ1n) is 9.31. The topological polar surface area (TPSA) is 54.5 Å². The van der Waals surface area contributed by atoms with E-state index >= 15 is 0 Å². The zero-order chi connectivity index (χ0) is 19.9. The molecule has 1 aromatic heterocycles. The van der Waals surface area contributed by atoms with E-state index in [0.29, 0.717) is 24.5 Å².